The molecule has 0 unspecified atom stereocenters. The first-order chi connectivity index (χ1) is 14.0. The predicted molar refractivity (Wildman–Crippen MR) is 112 cm³/mol. The molecule has 0 spiro atoms. The molecule has 0 radical (unpaired) electrons. The number of phenolic OH excluding ortho intramolecular Hbond substituents is 1. The molecule has 29 heavy (non-hydrogen) atoms. The Kier molecular flexibility index (Phi) is 6.06. The van der Waals surface area contributed by atoms with Gasteiger partial charge in [0.05, 0.1) is 18.8 Å². The van der Waals surface area contributed by atoms with E-state index >= 15 is 0 Å². The van der Waals surface area contributed by atoms with E-state index in [2.05, 4.69) is 10.2 Å². The fourth-order valence-corrected chi connectivity index (χ4v) is 4.27. The van der Waals surface area contributed by atoms with Crippen molar-refractivity contribution in [1.29, 1.82) is 0 Å². The smallest absolute Gasteiger partial charge is 0.237 e. The average Bonchev–Trinajstić information content (AvgIpc) is 3.11. The lowest BCUT2D eigenvalue weighted by Crippen LogP contribution is -2.47. The summed E-state index contributed by atoms with van der Waals surface area (Å²) >= 11 is 5.98. The standard InChI is InChI=1S/C22H26ClN3O3/c23-16-5-3-15(4-6-16)21-12-26-11-17(10-18(26)13-29-21)25-22(28)20(24)9-14-1-7-19(27)8-2-14/h1-8,17-18,20-21,27H,9-13,24H2,(H,25,28)/t17-,18-,20-,21+/m0/s1. The number of ether oxygens (including phenoxy) is 1. The number of nitrogens with two attached hydrogens (primary N) is 1. The molecule has 2 saturated heterocycles. The Morgan fingerprint density at radius 1 is 1.21 bits per heavy atom. The highest BCUT2D eigenvalue weighted by Gasteiger charge is 2.38. The van der Waals surface area contributed by atoms with E-state index in [-0.39, 0.29) is 23.8 Å². The summed E-state index contributed by atoms with van der Waals surface area (Å²) in [4.78, 5) is 14.9. The van der Waals surface area contributed by atoms with Crippen LogP contribution in [0.15, 0.2) is 48.5 Å². The van der Waals surface area contributed by atoms with Crippen molar-refractivity contribution in [1.82, 2.24) is 10.2 Å². The molecule has 2 aliphatic heterocycles. The van der Waals surface area contributed by atoms with Crippen molar-refractivity contribution in [3.05, 3.63) is 64.7 Å². The molecule has 4 N–H and O–H groups in total. The summed E-state index contributed by atoms with van der Waals surface area (Å²) in [6.07, 6.45) is 1.33. The van der Waals surface area contributed by atoms with Gasteiger partial charge in [-0.2, -0.15) is 0 Å². The van der Waals surface area contributed by atoms with E-state index in [9.17, 15) is 9.90 Å². The maximum absolute atomic E-state index is 12.5. The number of fused-ring (bicyclic) bond motifs is 1. The zero-order valence-electron chi connectivity index (χ0n) is 16.1. The quantitative estimate of drug-likeness (QED) is 0.697. The van der Waals surface area contributed by atoms with Gasteiger partial charge in [0.15, 0.2) is 0 Å². The summed E-state index contributed by atoms with van der Waals surface area (Å²) in [5.74, 6) is 0.0617. The molecule has 0 aromatic heterocycles. The predicted octanol–water partition coefficient (Wildman–Crippen LogP) is 2.25. The molecule has 2 heterocycles. The number of morpholine rings is 1. The third-order valence-corrected chi connectivity index (χ3v) is 5.99. The van der Waals surface area contributed by atoms with Gasteiger partial charge in [-0.3, -0.25) is 9.69 Å². The van der Waals surface area contributed by atoms with E-state index in [1.807, 2.05) is 24.3 Å². The van der Waals surface area contributed by atoms with Crippen LogP contribution in [-0.2, 0) is 16.0 Å². The Hall–Kier alpha value is -2.12. The van der Waals surface area contributed by atoms with Crippen molar-refractivity contribution >= 4 is 17.5 Å². The van der Waals surface area contributed by atoms with Crippen molar-refractivity contribution in [2.45, 2.75) is 37.1 Å². The number of amides is 1. The Morgan fingerprint density at radius 2 is 1.93 bits per heavy atom. The largest absolute Gasteiger partial charge is 0.508 e. The van der Waals surface area contributed by atoms with E-state index in [4.69, 9.17) is 22.1 Å². The monoisotopic (exact) mass is 415 g/mol. The molecule has 4 atom stereocenters. The average molecular weight is 416 g/mol. The molecule has 0 aliphatic carbocycles. The number of rotatable bonds is 5. The molecule has 7 heteroatoms. The molecule has 2 aliphatic rings. The number of hydrogen-bond donors (Lipinski definition) is 3. The van der Waals surface area contributed by atoms with Gasteiger partial charge < -0.3 is 20.9 Å². The third-order valence-electron chi connectivity index (χ3n) is 5.73. The molecule has 6 nitrogen and oxygen atoms in total. The van der Waals surface area contributed by atoms with Crippen LogP contribution in [0, 0.1) is 0 Å². The van der Waals surface area contributed by atoms with Gasteiger partial charge in [-0.15, -0.1) is 0 Å². The second-order valence-electron chi connectivity index (χ2n) is 7.90. The highest BCUT2D eigenvalue weighted by atomic mass is 35.5. The third kappa shape index (κ3) is 4.90. The van der Waals surface area contributed by atoms with Crippen molar-refractivity contribution in [2.24, 2.45) is 5.73 Å². The van der Waals surface area contributed by atoms with Crippen molar-refractivity contribution in [3.63, 3.8) is 0 Å². The van der Waals surface area contributed by atoms with E-state index in [0.29, 0.717) is 19.1 Å². The van der Waals surface area contributed by atoms with Crippen LogP contribution < -0.4 is 11.1 Å². The summed E-state index contributed by atoms with van der Waals surface area (Å²) < 4.78 is 6.06. The number of nitrogens with one attached hydrogen (secondary N) is 1. The summed E-state index contributed by atoms with van der Waals surface area (Å²) in [5.41, 5.74) is 8.14. The molecular weight excluding hydrogens is 390 g/mol. The van der Waals surface area contributed by atoms with Crippen LogP contribution in [0.3, 0.4) is 0 Å². The van der Waals surface area contributed by atoms with Gasteiger partial charge in [-0.05, 0) is 48.2 Å². The van der Waals surface area contributed by atoms with Crippen LogP contribution >= 0.6 is 11.6 Å². The van der Waals surface area contributed by atoms with Crippen LogP contribution in [0.5, 0.6) is 5.75 Å². The number of aromatic hydroxyl groups is 1. The molecule has 154 valence electrons. The molecule has 2 aromatic carbocycles. The highest BCUT2D eigenvalue weighted by molar-refractivity contribution is 6.30. The zero-order chi connectivity index (χ0) is 20.4. The van der Waals surface area contributed by atoms with Crippen LogP contribution in [0.25, 0.3) is 0 Å². The molecule has 2 fully saturated rings. The summed E-state index contributed by atoms with van der Waals surface area (Å²) in [6, 6.07) is 14.3. The summed E-state index contributed by atoms with van der Waals surface area (Å²) in [5, 5.41) is 13.2. The fourth-order valence-electron chi connectivity index (χ4n) is 4.14. The Balaban J connectivity index is 1.29. The van der Waals surface area contributed by atoms with Crippen LogP contribution in [0.4, 0.5) is 0 Å². The lowest BCUT2D eigenvalue weighted by Gasteiger charge is -2.35. The van der Waals surface area contributed by atoms with Gasteiger partial charge in [0.1, 0.15) is 5.75 Å². The number of carbonyl (C=O) groups excluding carboxylic acids is 1. The maximum atomic E-state index is 12.5. The SMILES string of the molecule is N[C@@H](Cc1ccc(O)cc1)C(=O)N[C@H]1C[C@H]2CO[C@@H](c3ccc(Cl)cc3)CN2C1. The lowest BCUT2D eigenvalue weighted by molar-refractivity contribution is -0.123. The van der Waals surface area contributed by atoms with Crippen molar-refractivity contribution in [2.75, 3.05) is 19.7 Å². The Labute approximate surface area is 175 Å². The summed E-state index contributed by atoms with van der Waals surface area (Å²) in [7, 11) is 0. The Bertz CT molecular complexity index is 843. The van der Waals surface area contributed by atoms with Crippen LogP contribution in [0.1, 0.15) is 23.7 Å². The molecule has 0 saturated carbocycles. The minimum Gasteiger partial charge on any atom is -0.508 e. The van der Waals surface area contributed by atoms with Gasteiger partial charge in [0.25, 0.3) is 0 Å². The van der Waals surface area contributed by atoms with Gasteiger partial charge in [-0.25, -0.2) is 0 Å². The van der Waals surface area contributed by atoms with Gasteiger partial charge in [0.2, 0.25) is 5.91 Å². The number of hydrogen-bond acceptors (Lipinski definition) is 5. The number of carbonyl (C=O) groups is 1. The lowest BCUT2D eigenvalue weighted by atomic mass is 10.0. The topological polar surface area (TPSA) is 87.8 Å². The summed E-state index contributed by atoms with van der Waals surface area (Å²) in [6.45, 7) is 2.26. The molecule has 1 amide bonds. The highest BCUT2D eigenvalue weighted by Crippen LogP contribution is 2.30. The molecule has 4 rings (SSSR count). The first-order valence-electron chi connectivity index (χ1n) is 9.93. The van der Waals surface area contributed by atoms with Crippen LogP contribution in [0.2, 0.25) is 5.02 Å². The van der Waals surface area contributed by atoms with Gasteiger partial charge in [-0.1, -0.05) is 35.9 Å². The van der Waals surface area contributed by atoms with Gasteiger partial charge >= 0.3 is 0 Å². The van der Waals surface area contributed by atoms with E-state index in [1.165, 1.54) is 0 Å². The molecule has 2 aromatic rings. The zero-order valence-corrected chi connectivity index (χ0v) is 16.9. The van der Waals surface area contributed by atoms with E-state index < -0.39 is 6.04 Å². The van der Waals surface area contributed by atoms with Gasteiger partial charge in [0, 0.05) is 30.2 Å². The maximum Gasteiger partial charge on any atom is 0.237 e. The first-order valence-corrected chi connectivity index (χ1v) is 10.3. The minimum absolute atomic E-state index is 0.0229. The fraction of sp³-hybridized carbons (Fsp3) is 0.409. The minimum atomic E-state index is -0.616. The normalized spacial score (nSPS) is 25.4. The number of halogens is 1. The van der Waals surface area contributed by atoms with Crippen molar-refractivity contribution in [3.8, 4) is 5.75 Å². The number of phenols is 1. The molecule has 0 bridgehead atoms. The number of nitrogens with zero attached hydrogens (tertiary/aromatic N) is 1. The second-order valence-corrected chi connectivity index (χ2v) is 8.34. The van der Waals surface area contributed by atoms with Crippen LogP contribution in [-0.4, -0.2) is 53.7 Å². The van der Waals surface area contributed by atoms with E-state index in [0.717, 1.165) is 35.7 Å². The number of benzene rings is 2. The second kappa shape index (κ2) is 8.71. The Morgan fingerprint density at radius 3 is 2.66 bits per heavy atom. The van der Waals surface area contributed by atoms with Crippen molar-refractivity contribution < 1.29 is 14.6 Å². The first kappa shape index (κ1) is 20.2. The molecular formula is C22H26ClN3O3. The van der Waals surface area contributed by atoms with E-state index in [1.54, 1.807) is 24.3 Å².